The first kappa shape index (κ1) is 11.0. The van der Waals surface area contributed by atoms with Gasteiger partial charge in [-0.25, -0.2) is 0 Å². The Kier molecular flexibility index (Phi) is 5.02. The van der Waals surface area contributed by atoms with Gasteiger partial charge < -0.3 is 5.11 Å². The fourth-order valence-electron chi connectivity index (χ4n) is 1.32. The molecule has 0 saturated carbocycles. The minimum atomic E-state index is -0.357. The van der Waals surface area contributed by atoms with Crippen LogP contribution in [0.5, 0.6) is 0 Å². The summed E-state index contributed by atoms with van der Waals surface area (Å²) in [7, 11) is 0. The molecule has 0 heterocycles. The molecule has 0 saturated heterocycles. The van der Waals surface area contributed by atoms with Crippen molar-refractivity contribution in [3.05, 3.63) is 48.0 Å². The van der Waals surface area contributed by atoms with E-state index in [1.54, 1.807) is 0 Å². The molecular formula is C13H18O. The van der Waals surface area contributed by atoms with Gasteiger partial charge in [-0.2, -0.15) is 0 Å². The molecule has 0 bridgehead atoms. The number of aliphatic hydroxyl groups excluding tert-OH is 1. The number of unbranched alkanes of at least 4 members (excludes halogenated alkanes) is 1. The van der Waals surface area contributed by atoms with E-state index < -0.39 is 0 Å². The summed E-state index contributed by atoms with van der Waals surface area (Å²) in [6, 6.07) is 9.78. The van der Waals surface area contributed by atoms with Crippen LogP contribution in [0.4, 0.5) is 0 Å². The highest BCUT2D eigenvalue weighted by Crippen LogP contribution is 2.16. The predicted molar refractivity (Wildman–Crippen MR) is 60.1 cm³/mol. The Morgan fingerprint density at radius 2 is 1.93 bits per heavy atom. The van der Waals surface area contributed by atoms with Crippen molar-refractivity contribution >= 4 is 0 Å². The third-order valence-corrected chi connectivity index (χ3v) is 2.17. The van der Waals surface area contributed by atoms with Gasteiger partial charge in [-0.05, 0) is 18.4 Å². The number of aliphatic hydroxyl groups is 1. The minimum absolute atomic E-state index is 0.357. The van der Waals surface area contributed by atoms with Crippen LogP contribution in [-0.2, 0) is 0 Å². The molecule has 1 nitrogen and oxygen atoms in total. The van der Waals surface area contributed by atoms with Gasteiger partial charge in [0.05, 0.1) is 6.10 Å². The topological polar surface area (TPSA) is 20.2 Å². The van der Waals surface area contributed by atoms with E-state index >= 15 is 0 Å². The Morgan fingerprint density at radius 3 is 2.57 bits per heavy atom. The lowest BCUT2D eigenvalue weighted by Crippen LogP contribution is -1.94. The molecule has 14 heavy (non-hydrogen) atoms. The molecule has 1 N–H and O–H groups in total. The maximum Gasteiger partial charge on any atom is 0.0824 e. The van der Waals surface area contributed by atoms with Gasteiger partial charge in [0, 0.05) is 0 Å². The quantitative estimate of drug-likeness (QED) is 0.705. The van der Waals surface area contributed by atoms with E-state index in [1.165, 1.54) is 0 Å². The number of benzene rings is 1. The lowest BCUT2D eigenvalue weighted by Gasteiger charge is -2.07. The molecule has 0 aromatic heterocycles. The van der Waals surface area contributed by atoms with Crippen LogP contribution in [0.2, 0.25) is 0 Å². The second-order valence-corrected chi connectivity index (χ2v) is 3.42. The molecule has 1 aromatic rings. The molecular weight excluding hydrogens is 172 g/mol. The van der Waals surface area contributed by atoms with E-state index in [0.717, 1.165) is 18.4 Å². The van der Waals surface area contributed by atoms with Crippen LogP contribution in [0.15, 0.2) is 42.5 Å². The van der Waals surface area contributed by atoms with E-state index in [2.05, 4.69) is 19.1 Å². The van der Waals surface area contributed by atoms with E-state index in [0.29, 0.717) is 6.42 Å². The summed E-state index contributed by atoms with van der Waals surface area (Å²) in [4.78, 5) is 0. The standard InChI is InChI=1S/C13H18O/c1-2-3-4-8-11-13(14)12-9-6-5-7-10-12/h4-10,13-14H,2-3,11H2,1H3. The summed E-state index contributed by atoms with van der Waals surface area (Å²) in [6.07, 6.45) is 6.81. The zero-order valence-electron chi connectivity index (χ0n) is 8.69. The van der Waals surface area contributed by atoms with Gasteiger partial charge in [0.1, 0.15) is 0 Å². The summed E-state index contributed by atoms with van der Waals surface area (Å²) in [5.41, 5.74) is 0.994. The zero-order chi connectivity index (χ0) is 10.2. The maximum atomic E-state index is 9.77. The van der Waals surface area contributed by atoms with Gasteiger partial charge in [0.2, 0.25) is 0 Å². The molecule has 0 fully saturated rings. The molecule has 0 spiro atoms. The van der Waals surface area contributed by atoms with Crippen LogP contribution in [-0.4, -0.2) is 5.11 Å². The Balaban J connectivity index is 2.39. The van der Waals surface area contributed by atoms with Crippen LogP contribution >= 0.6 is 0 Å². The molecule has 1 unspecified atom stereocenters. The van der Waals surface area contributed by atoms with E-state index in [4.69, 9.17) is 0 Å². The van der Waals surface area contributed by atoms with Crippen molar-refractivity contribution in [2.24, 2.45) is 0 Å². The maximum absolute atomic E-state index is 9.77. The van der Waals surface area contributed by atoms with Gasteiger partial charge in [0.15, 0.2) is 0 Å². The Hall–Kier alpha value is -1.08. The number of allylic oxidation sites excluding steroid dienone is 1. The fourth-order valence-corrected chi connectivity index (χ4v) is 1.32. The van der Waals surface area contributed by atoms with Crippen LogP contribution < -0.4 is 0 Å². The molecule has 0 amide bonds. The minimum Gasteiger partial charge on any atom is -0.388 e. The molecule has 0 aliphatic heterocycles. The third kappa shape index (κ3) is 3.75. The zero-order valence-corrected chi connectivity index (χ0v) is 8.69. The first-order valence-electron chi connectivity index (χ1n) is 5.22. The largest absolute Gasteiger partial charge is 0.388 e. The average Bonchev–Trinajstić information content (AvgIpc) is 2.25. The van der Waals surface area contributed by atoms with E-state index in [9.17, 15) is 5.11 Å². The highest BCUT2D eigenvalue weighted by molar-refractivity contribution is 5.17. The summed E-state index contributed by atoms with van der Waals surface area (Å²) in [5, 5.41) is 9.77. The average molecular weight is 190 g/mol. The van der Waals surface area contributed by atoms with Crippen molar-refractivity contribution in [1.29, 1.82) is 0 Å². The molecule has 0 aliphatic rings. The van der Waals surface area contributed by atoms with Crippen LogP contribution in [0.3, 0.4) is 0 Å². The van der Waals surface area contributed by atoms with E-state index in [1.807, 2.05) is 30.3 Å². The number of rotatable bonds is 5. The summed E-state index contributed by atoms with van der Waals surface area (Å²) < 4.78 is 0. The Labute approximate surface area is 86.1 Å². The Morgan fingerprint density at radius 1 is 1.21 bits per heavy atom. The van der Waals surface area contributed by atoms with Crippen molar-refractivity contribution in [2.45, 2.75) is 32.3 Å². The SMILES string of the molecule is CCCC=CCC(O)c1ccccc1. The van der Waals surface area contributed by atoms with Gasteiger partial charge in [-0.3, -0.25) is 0 Å². The van der Waals surface area contributed by atoms with Crippen molar-refractivity contribution in [1.82, 2.24) is 0 Å². The normalized spacial score (nSPS) is 13.3. The van der Waals surface area contributed by atoms with Crippen LogP contribution in [0, 0.1) is 0 Å². The smallest absolute Gasteiger partial charge is 0.0824 e. The molecule has 1 atom stereocenters. The lowest BCUT2D eigenvalue weighted by molar-refractivity contribution is 0.181. The summed E-state index contributed by atoms with van der Waals surface area (Å²) in [5.74, 6) is 0. The van der Waals surface area contributed by atoms with Crippen molar-refractivity contribution < 1.29 is 5.11 Å². The second kappa shape index (κ2) is 6.39. The molecule has 1 heteroatoms. The van der Waals surface area contributed by atoms with Gasteiger partial charge in [-0.1, -0.05) is 55.8 Å². The predicted octanol–water partition coefficient (Wildman–Crippen LogP) is 3.47. The van der Waals surface area contributed by atoms with Crippen LogP contribution in [0.1, 0.15) is 37.9 Å². The Bertz CT molecular complexity index is 264. The molecule has 1 rings (SSSR count). The van der Waals surface area contributed by atoms with Crippen molar-refractivity contribution in [3.63, 3.8) is 0 Å². The van der Waals surface area contributed by atoms with Crippen molar-refractivity contribution in [2.75, 3.05) is 0 Å². The lowest BCUT2D eigenvalue weighted by atomic mass is 10.1. The fraction of sp³-hybridized carbons (Fsp3) is 0.385. The molecule has 0 radical (unpaired) electrons. The molecule has 0 aliphatic carbocycles. The summed E-state index contributed by atoms with van der Waals surface area (Å²) >= 11 is 0. The summed E-state index contributed by atoms with van der Waals surface area (Å²) in [6.45, 7) is 2.15. The monoisotopic (exact) mass is 190 g/mol. The van der Waals surface area contributed by atoms with Crippen LogP contribution in [0.25, 0.3) is 0 Å². The van der Waals surface area contributed by atoms with Gasteiger partial charge in [0.25, 0.3) is 0 Å². The van der Waals surface area contributed by atoms with Gasteiger partial charge in [-0.15, -0.1) is 0 Å². The van der Waals surface area contributed by atoms with Crippen molar-refractivity contribution in [3.8, 4) is 0 Å². The molecule has 1 aromatic carbocycles. The second-order valence-electron chi connectivity index (χ2n) is 3.42. The first-order chi connectivity index (χ1) is 6.84. The molecule has 76 valence electrons. The number of hydrogen-bond acceptors (Lipinski definition) is 1. The van der Waals surface area contributed by atoms with E-state index in [-0.39, 0.29) is 6.10 Å². The highest BCUT2D eigenvalue weighted by Gasteiger charge is 2.02. The number of hydrogen-bond donors (Lipinski definition) is 1. The first-order valence-corrected chi connectivity index (χ1v) is 5.22. The highest BCUT2D eigenvalue weighted by atomic mass is 16.3. The third-order valence-electron chi connectivity index (χ3n) is 2.17. The van der Waals surface area contributed by atoms with Gasteiger partial charge >= 0.3 is 0 Å².